The van der Waals surface area contributed by atoms with Crippen molar-refractivity contribution >= 4 is 17.5 Å². The molecule has 0 saturated carbocycles. The molecule has 1 aliphatic carbocycles. The van der Waals surface area contributed by atoms with Gasteiger partial charge in [-0.15, -0.1) is 0 Å². The summed E-state index contributed by atoms with van der Waals surface area (Å²) in [4.78, 5) is 29.5. The smallest absolute Gasteiger partial charge is 0.434 e. The van der Waals surface area contributed by atoms with Gasteiger partial charge in [-0.2, -0.15) is 31.4 Å². The summed E-state index contributed by atoms with van der Waals surface area (Å²) in [6, 6.07) is 10.9. The van der Waals surface area contributed by atoms with Crippen LogP contribution in [0.15, 0.2) is 78.2 Å². The fourth-order valence-corrected chi connectivity index (χ4v) is 5.63. The van der Waals surface area contributed by atoms with Crippen LogP contribution < -0.4 is 0 Å². The lowest BCUT2D eigenvalue weighted by Gasteiger charge is -2.20. The van der Waals surface area contributed by atoms with Crippen molar-refractivity contribution in [2.24, 2.45) is 0 Å². The number of likely N-dealkylation sites (tertiary alicyclic amines) is 1. The minimum absolute atomic E-state index is 0.0439. The number of halogens is 6. The quantitative estimate of drug-likeness (QED) is 0.187. The van der Waals surface area contributed by atoms with Crippen LogP contribution in [0.5, 0.6) is 0 Å². The normalized spacial score (nSPS) is 17.3. The number of allylic oxidation sites excluding steroid dienone is 5. The molecule has 1 aliphatic heterocycles. The highest BCUT2D eigenvalue weighted by atomic mass is 19.4. The van der Waals surface area contributed by atoms with Crippen molar-refractivity contribution in [3.8, 4) is 5.82 Å². The van der Waals surface area contributed by atoms with E-state index in [0.717, 1.165) is 30.7 Å². The molecule has 0 bridgehead atoms. The number of aromatic nitrogens is 3. The molecule has 0 spiro atoms. The van der Waals surface area contributed by atoms with E-state index in [9.17, 15) is 41.0 Å². The first-order chi connectivity index (χ1) is 22.8. The minimum Gasteiger partial charge on any atom is -0.488 e. The standard InChI is InChI=1S/C33H30F6N4O5/c1-2-47-28(44)18-42-15-14-22(17-42)21-12-10-20(11-13-21)19-48-29-23(6-3-4-7-25(29)32(34,35)36)26-8-5-9-27(41-26)43-30(33(37,38)39)24(16-40-43)31(45)46/h3-5,7-13,16,22H,2,6,14-15,17-19H2,1H3,(H,45,46). The van der Waals surface area contributed by atoms with Gasteiger partial charge in [0.25, 0.3) is 0 Å². The van der Waals surface area contributed by atoms with Crippen LogP contribution in [0, 0.1) is 0 Å². The first kappa shape index (κ1) is 34.4. The SMILES string of the molecule is CCOC(=O)CN1CCC(c2ccc(COC3=C(c4cccc(-n5ncc(C(=O)O)c5C(F)(F)F)n4)CC=CC=C3C(F)(F)F)cc2)C1. The van der Waals surface area contributed by atoms with Gasteiger partial charge >= 0.3 is 24.3 Å². The second-order valence-corrected chi connectivity index (χ2v) is 11.1. The lowest BCUT2D eigenvalue weighted by atomic mass is 9.97. The number of carbonyl (C=O) groups is 2. The summed E-state index contributed by atoms with van der Waals surface area (Å²) < 4.78 is 95.7. The second-order valence-electron chi connectivity index (χ2n) is 11.1. The largest absolute Gasteiger partial charge is 0.488 e. The Kier molecular flexibility index (Phi) is 10.1. The lowest BCUT2D eigenvalue weighted by molar-refractivity contribution is -0.144. The third kappa shape index (κ3) is 7.78. The topological polar surface area (TPSA) is 107 Å². The molecule has 1 saturated heterocycles. The van der Waals surface area contributed by atoms with Crippen LogP contribution in [0.2, 0.25) is 0 Å². The third-order valence-electron chi connectivity index (χ3n) is 7.84. The van der Waals surface area contributed by atoms with Crippen molar-refractivity contribution in [3.05, 3.63) is 106 Å². The summed E-state index contributed by atoms with van der Waals surface area (Å²) >= 11 is 0. The molecule has 2 aromatic heterocycles. The summed E-state index contributed by atoms with van der Waals surface area (Å²) in [5, 5.41) is 12.8. The van der Waals surface area contributed by atoms with Gasteiger partial charge in [0.1, 0.15) is 17.9 Å². The third-order valence-corrected chi connectivity index (χ3v) is 7.84. The molecule has 2 aliphatic rings. The molecule has 1 fully saturated rings. The number of carbonyl (C=O) groups excluding carboxylic acids is 1. The molecule has 3 heterocycles. The van der Waals surface area contributed by atoms with Gasteiger partial charge in [-0.05, 0) is 61.6 Å². The lowest BCUT2D eigenvalue weighted by Crippen LogP contribution is -2.28. The molecule has 254 valence electrons. The maximum absolute atomic E-state index is 14.3. The monoisotopic (exact) mass is 676 g/mol. The van der Waals surface area contributed by atoms with Gasteiger partial charge < -0.3 is 14.6 Å². The van der Waals surface area contributed by atoms with E-state index < -0.39 is 46.7 Å². The Labute approximate surface area is 270 Å². The van der Waals surface area contributed by atoms with Crippen LogP contribution in [0.25, 0.3) is 11.4 Å². The van der Waals surface area contributed by atoms with Crippen molar-refractivity contribution in [3.63, 3.8) is 0 Å². The van der Waals surface area contributed by atoms with E-state index in [1.54, 1.807) is 19.1 Å². The van der Waals surface area contributed by atoms with Crippen LogP contribution in [0.3, 0.4) is 0 Å². The number of carboxylic acids is 1. The first-order valence-electron chi connectivity index (χ1n) is 14.9. The molecule has 5 rings (SSSR count). The number of pyridine rings is 1. The number of carboxylic acid groups (broad SMARTS) is 1. The number of esters is 1. The average molecular weight is 677 g/mol. The predicted molar refractivity (Wildman–Crippen MR) is 160 cm³/mol. The first-order valence-corrected chi connectivity index (χ1v) is 14.9. The Morgan fingerprint density at radius 2 is 1.79 bits per heavy atom. The van der Waals surface area contributed by atoms with Crippen LogP contribution in [-0.4, -0.2) is 69.1 Å². The van der Waals surface area contributed by atoms with Crippen molar-refractivity contribution in [1.82, 2.24) is 19.7 Å². The van der Waals surface area contributed by atoms with E-state index in [0.29, 0.717) is 29.6 Å². The van der Waals surface area contributed by atoms with Gasteiger partial charge in [0, 0.05) is 12.1 Å². The molecule has 3 aromatic rings. The molecule has 1 N–H and O–H groups in total. The Bertz CT molecular complexity index is 1760. The maximum atomic E-state index is 14.3. The summed E-state index contributed by atoms with van der Waals surface area (Å²) in [5.74, 6) is -2.98. The van der Waals surface area contributed by atoms with Crippen molar-refractivity contribution in [2.45, 2.75) is 44.6 Å². The zero-order chi connectivity index (χ0) is 34.6. The molecule has 9 nitrogen and oxygen atoms in total. The Balaban J connectivity index is 1.43. The zero-order valence-corrected chi connectivity index (χ0v) is 25.5. The summed E-state index contributed by atoms with van der Waals surface area (Å²) in [6.45, 7) is 3.37. The van der Waals surface area contributed by atoms with Crippen LogP contribution in [0.4, 0.5) is 26.3 Å². The molecule has 0 amide bonds. The molecule has 1 unspecified atom stereocenters. The van der Waals surface area contributed by atoms with Crippen LogP contribution in [0.1, 0.15) is 58.6 Å². The van der Waals surface area contributed by atoms with Crippen LogP contribution >= 0.6 is 0 Å². The van der Waals surface area contributed by atoms with Gasteiger partial charge in [0.15, 0.2) is 11.5 Å². The van der Waals surface area contributed by atoms with Gasteiger partial charge in [-0.25, -0.2) is 14.5 Å². The summed E-state index contributed by atoms with van der Waals surface area (Å²) in [7, 11) is 0. The number of hydrogen-bond donors (Lipinski definition) is 1. The number of nitrogens with zero attached hydrogens (tertiary/aromatic N) is 4. The van der Waals surface area contributed by atoms with E-state index >= 15 is 0 Å². The maximum Gasteiger partial charge on any atom is 0.434 e. The molecule has 48 heavy (non-hydrogen) atoms. The van der Waals surface area contributed by atoms with Crippen LogP contribution in [-0.2, 0) is 27.1 Å². The summed E-state index contributed by atoms with van der Waals surface area (Å²) in [5.41, 5.74) is -2.39. The molecule has 15 heteroatoms. The van der Waals surface area contributed by atoms with Gasteiger partial charge in [-0.3, -0.25) is 9.69 Å². The van der Waals surface area contributed by atoms with E-state index in [-0.39, 0.29) is 42.7 Å². The second kappa shape index (κ2) is 14.1. The fourth-order valence-electron chi connectivity index (χ4n) is 5.63. The highest BCUT2D eigenvalue weighted by Gasteiger charge is 2.42. The average Bonchev–Trinajstić information content (AvgIpc) is 3.63. The summed E-state index contributed by atoms with van der Waals surface area (Å²) in [6.07, 6.45) is -5.22. The van der Waals surface area contributed by atoms with E-state index in [1.165, 1.54) is 24.3 Å². The highest BCUT2D eigenvalue weighted by molar-refractivity contribution is 5.89. The number of aromatic carboxylic acids is 1. The van der Waals surface area contributed by atoms with Gasteiger partial charge in [-0.1, -0.05) is 42.5 Å². The molecule has 1 aromatic carbocycles. The number of rotatable bonds is 10. The predicted octanol–water partition coefficient (Wildman–Crippen LogP) is 6.71. The molecule has 1 atom stereocenters. The number of hydrogen-bond acceptors (Lipinski definition) is 7. The molecular formula is C33H30F6N4O5. The fraction of sp³-hybridized carbons (Fsp3) is 0.333. The number of ether oxygens (including phenoxy) is 2. The van der Waals surface area contributed by atoms with Crippen molar-refractivity contribution < 1.29 is 50.5 Å². The zero-order valence-electron chi connectivity index (χ0n) is 25.5. The minimum atomic E-state index is -5.12. The Morgan fingerprint density at radius 3 is 2.46 bits per heavy atom. The van der Waals surface area contributed by atoms with Gasteiger partial charge in [0.05, 0.1) is 30.6 Å². The van der Waals surface area contributed by atoms with Crippen molar-refractivity contribution in [2.75, 3.05) is 26.2 Å². The highest BCUT2D eigenvalue weighted by Crippen LogP contribution is 2.40. The Morgan fingerprint density at radius 1 is 1.04 bits per heavy atom. The van der Waals surface area contributed by atoms with E-state index in [1.807, 2.05) is 17.0 Å². The molecular weight excluding hydrogens is 646 g/mol. The number of benzene rings is 1. The van der Waals surface area contributed by atoms with Gasteiger partial charge in [0.2, 0.25) is 0 Å². The van der Waals surface area contributed by atoms with E-state index in [4.69, 9.17) is 9.47 Å². The van der Waals surface area contributed by atoms with E-state index in [2.05, 4.69) is 10.1 Å². The molecule has 0 radical (unpaired) electrons. The van der Waals surface area contributed by atoms with Crippen molar-refractivity contribution in [1.29, 1.82) is 0 Å². The Hall–Kier alpha value is -4.92. The number of alkyl halides is 6.